The van der Waals surface area contributed by atoms with Crippen molar-refractivity contribution in [2.45, 2.75) is 31.7 Å². The van der Waals surface area contributed by atoms with Gasteiger partial charge in [0.2, 0.25) is 11.8 Å². The molecule has 25 heavy (non-hydrogen) atoms. The molecule has 1 N–H and O–H groups in total. The summed E-state index contributed by atoms with van der Waals surface area (Å²) in [6.07, 6.45) is 5.27. The number of barbiturate groups is 1. The molecule has 3 aliphatic rings. The fourth-order valence-corrected chi connectivity index (χ4v) is 4.27. The van der Waals surface area contributed by atoms with Crippen LogP contribution in [0, 0.1) is 23.6 Å². The number of rotatable bonds is 3. The van der Waals surface area contributed by atoms with E-state index in [-0.39, 0.29) is 6.04 Å². The molecule has 1 aliphatic heterocycles. The molecule has 4 atom stereocenters. The van der Waals surface area contributed by atoms with E-state index in [2.05, 4.69) is 10.3 Å². The Hall–Kier alpha value is -2.57. The Kier molecular flexibility index (Phi) is 3.86. The average Bonchev–Trinajstić information content (AvgIpc) is 3.19. The van der Waals surface area contributed by atoms with E-state index in [4.69, 9.17) is 0 Å². The largest absolute Gasteiger partial charge is 0.331 e. The summed E-state index contributed by atoms with van der Waals surface area (Å²) < 4.78 is 12.9. The number of halogens is 1. The highest BCUT2D eigenvalue weighted by Crippen LogP contribution is 2.47. The number of urea groups is 1. The first kappa shape index (κ1) is 15.9. The minimum Gasteiger partial charge on any atom is -0.277 e. The summed E-state index contributed by atoms with van der Waals surface area (Å²) in [5.41, 5.74) is 0.436. The molecular weight excluding hydrogens is 325 g/mol. The molecule has 0 unspecified atom stereocenters. The Bertz CT molecular complexity index is 761. The van der Waals surface area contributed by atoms with E-state index in [9.17, 15) is 18.8 Å². The van der Waals surface area contributed by atoms with Gasteiger partial charge in [-0.2, -0.15) is 0 Å². The monoisotopic (exact) mass is 343 g/mol. The summed E-state index contributed by atoms with van der Waals surface area (Å²) in [6, 6.07) is 4.66. The summed E-state index contributed by atoms with van der Waals surface area (Å²) in [6.45, 7) is 0. The average molecular weight is 343 g/mol. The van der Waals surface area contributed by atoms with Crippen LogP contribution in [0.3, 0.4) is 0 Å². The van der Waals surface area contributed by atoms with Crippen LogP contribution in [0.4, 0.5) is 14.9 Å². The van der Waals surface area contributed by atoms with Crippen molar-refractivity contribution >= 4 is 29.7 Å². The molecule has 3 fully saturated rings. The zero-order valence-corrected chi connectivity index (χ0v) is 13.5. The zero-order valence-electron chi connectivity index (χ0n) is 13.5. The third-order valence-electron chi connectivity index (χ3n) is 5.47. The van der Waals surface area contributed by atoms with Crippen molar-refractivity contribution in [3.8, 4) is 0 Å². The smallest absolute Gasteiger partial charge is 0.277 e. The molecule has 2 aliphatic carbocycles. The van der Waals surface area contributed by atoms with Gasteiger partial charge < -0.3 is 0 Å². The van der Waals surface area contributed by atoms with E-state index >= 15 is 0 Å². The van der Waals surface area contributed by atoms with Crippen molar-refractivity contribution in [2.24, 2.45) is 22.7 Å². The quantitative estimate of drug-likeness (QED) is 0.676. The highest BCUT2D eigenvalue weighted by molar-refractivity contribution is 6.23. The van der Waals surface area contributed by atoms with Crippen LogP contribution in [0.1, 0.15) is 25.7 Å². The summed E-state index contributed by atoms with van der Waals surface area (Å²) >= 11 is 0. The van der Waals surface area contributed by atoms with Crippen molar-refractivity contribution in [3.05, 3.63) is 30.1 Å². The fraction of sp³-hybridized carbons (Fsp3) is 0.444. The van der Waals surface area contributed by atoms with E-state index in [1.54, 1.807) is 0 Å². The van der Waals surface area contributed by atoms with Crippen LogP contribution in [-0.4, -0.2) is 35.0 Å². The first-order valence-corrected chi connectivity index (χ1v) is 8.50. The fourth-order valence-electron chi connectivity index (χ4n) is 4.27. The topological polar surface area (TPSA) is 78.8 Å². The van der Waals surface area contributed by atoms with Crippen molar-refractivity contribution in [3.63, 3.8) is 0 Å². The lowest BCUT2D eigenvalue weighted by Gasteiger charge is -2.36. The van der Waals surface area contributed by atoms with Gasteiger partial charge in [-0.1, -0.05) is 6.42 Å². The van der Waals surface area contributed by atoms with Crippen LogP contribution >= 0.6 is 0 Å². The van der Waals surface area contributed by atoms with Gasteiger partial charge in [-0.25, -0.2) is 9.18 Å². The second kappa shape index (κ2) is 6.06. The van der Waals surface area contributed by atoms with E-state index in [0.29, 0.717) is 17.5 Å². The van der Waals surface area contributed by atoms with Gasteiger partial charge in [0.25, 0.3) is 0 Å². The number of carbonyl (C=O) groups excluding carboxylic acids is 3. The Morgan fingerprint density at radius 1 is 1.12 bits per heavy atom. The van der Waals surface area contributed by atoms with Gasteiger partial charge in [-0.15, -0.1) is 0 Å². The zero-order chi connectivity index (χ0) is 17.6. The Morgan fingerprint density at radius 3 is 2.52 bits per heavy atom. The summed E-state index contributed by atoms with van der Waals surface area (Å²) in [7, 11) is 0. The van der Waals surface area contributed by atoms with Gasteiger partial charge in [0.05, 0.1) is 5.69 Å². The lowest BCUT2D eigenvalue weighted by Crippen LogP contribution is -2.62. The molecule has 4 rings (SSSR count). The molecule has 4 amide bonds. The third kappa shape index (κ3) is 2.83. The lowest BCUT2D eigenvalue weighted by molar-refractivity contribution is -0.141. The molecule has 1 aromatic carbocycles. The molecular formula is C18H18FN3O3. The first-order chi connectivity index (χ1) is 12.0. The summed E-state index contributed by atoms with van der Waals surface area (Å²) in [5.74, 6) is -1.81. The lowest BCUT2D eigenvalue weighted by atomic mass is 9.92. The van der Waals surface area contributed by atoms with Crippen LogP contribution in [0.2, 0.25) is 0 Å². The number of benzene rings is 1. The van der Waals surface area contributed by atoms with Crippen LogP contribution in [-0.2, 0) is 9.59 Å². The summed E-state index contributed by atoms with van der Waals surface area (Å²) in [4.78, 5) is 42.4. The second-order valence-corrected chi connectivity index (χ2v) is 6.98. The molecule has 1 saturated heterocycles. The van der Waals surface area contributed by atoms with Gasteiger partial charge in [0.15, 0.2) is 5.92 Å². The predicted octanol–water partition coefficient (Wildman–Crippen LogP) is 2.41. The van der Waals surface area contributed by atoms with E-state index in [1.807, 2.05) is 0 Å². The molecule has 0 spiro atoms. The Balaban J connectivity index is 1.55. The number of hydrogen-bond acceptors (Lipinski definition) is 4. The van der Waals surface area contributed by atoms with Crippen LogP contribution in [0.5, 0.6) is 0 Å². The molecule has 2 bridgehead atoms. The number of aliphatic imine (C=N–C) groups is 1. The van der Waals surface area contributed by atoms with Gasteiger partial charge >= 0.3 is 6.03 Å². The molecule has 0 aromatic heterocycles. The molecule has 1 aromatic rings. The number of imide groups is 2. The normalized spacial score (nSPS) is 31.9. The van der Waals surface area contributed by atoms with E-state index in [0.717, 1.165) is 25.7 Å². The highest BCUT2D eigenvalue weighted by atomic mass is 19.1. The minimum atomic E-state index is -1.14. The van der Waals surface area contributed by atoms with E-state index in [1.165, 1.54) is 35.4 Å². The molecule has 1 heterocycles. The molecule has 130 valence electrons. The van der Waals surface area contributed by atoms with Crippen molar-refractivity contribution in [1.82, 2.24) is 10.2 Å². The van der Waals surface area contributed by atoms with Crippen LogP contribution < -0.4 is 5.32 Å². The maximum Gasteiger partial charge on any atom is 0.331 e. The van der Waals surface area contributed by atoms with Gasteiger partial charge in [-0.05, 0) is 55.4 Å². The number of carbonyl (C=O) groups is 3. The first-order valence-electron chi connectivity index (χ1n) is 8.50. The maximum atomic E-state index is 12.9. The number of fused-ring (bicyclic) bond motifs is 2. The number of hydrogen-bond donors (Lipinski definition) is 1. The standard InChI is InChI=1S/C18H18FN3O3/c19-12-3-5-13(6-4-12)20-9-14-16(23)21-18(25)22(17(14)24)15-8-10-1-2-11(15)7-10/h3-6,9-11,14-15H,1-2,7-8H2,(H,21,23,25)/t10-,11-,14-,15-/m0/s1. The van der Waals surface area contributed by atoms with Crippen molar-refractivity contribution in [2.75, 3.05) is 0 Å². The highest BCUT2D eigenvalue weighted by Gasteiger charge is 2.50. The number of amides is 4. The Morgan fingerprint density at radius 2 is 1.88 bits per heavy atom. The van der Waals surface area contributed by atoms with Crippen LogP contribution in [0.25, 0.3) is 0 Å². The maximum absolute atomic E-state index is 12.9. The molecule has 7 heteroatoms. The minimum absolute atomic E-state index is 0.124. The van der Waals surface area contributed by atoms with E-state index < -0.39 is 29.6 Å². The van der Waals surface area contributed by atoms with Gasteiger partial charge in [0.1, 0.15) is 5.82 Å². The predicted molar refractivity (Wildman–Crippen MR) is 87.7 cm³/mol. The van der Waals surface area contributed by atoms with Gasteiger partial charge in [0, 0.05) is 12.3 Å². The third-order valence-corrected chi connectivity index (χ3v) is 5.47. The molecule has 0 radical (unpaired) electrons. The second-order valence-electron chi connectivity index (χ2n) is 6.98. The van der Waals surface area contributed by atoms with Crippen molar-refractivity contribution in [1.29, 1.82) is 0 Å². The number of nitrogens with one attached hydrogen (secondary N) is 1. The summed E-state index contributed by atoms with van der Waals surface area (Å²) in [5, 5.41) is 2.27. The van der Waals surface area contributed by atoms with Crippen molar-refractivity contribution < 1.29 is 18.8 Å². The Labute approximate surface area is 144 Å². The van der Waals surface area contributed by atoms with Gasteiger partial charge in [-0.3, -0.25) is 24.8 Å². The molecule has 6 nitrogen and oxygen atoms in total. The van der Waals surface area contributed by atoms with Crippen LogP contribution in [0.15, 0.2) is 29.3 Å². The number of nitrogens with zero attached hydrogens (tertiary/aromatic N) is 2. The SMILES string of the molecule is O=C1NC(=O)N([C@H]2C[C@H]3CC[C@H]2C3)C(=O)[C@H]1C=Nc1ccc(F)cc1. The molecule has 2 saturated carbocycles.